The Morgan fingerprint density at radius 1 is 1.21 bits per heavy atom. The van der Waals surface area contributed by atoms with Crippen LogP contribution in [0.15, 0.2) is 0 Å². The van der Waals surface area contributed by atoms with E-state index in [0.29, 0.717) is 12.1 Å². The molecule has 0 aromatic rings. The fraction of sp³-hybridized carbons (Fsp3) is 1.00. The lowest BCUT2D eigenvalue weighted by molar-refractivity contribution is 0.0560. The Morgan fingerprint density at radius 3 is 2.79 bits per heavy atom. The summed E-state index contributed by atoms with van der Waals surface area (Å²) in [6.07, 6.45) is 10.0. The topological polar surface area (TPSA) is 24.5 Å². The Labute approximate surface area is 118 Å². The number of likely N-dealkylation sites (tertiary alicyclic amines) is 1. The molecule has 0 bridgehead atoms. The van der Waals surface area contributed by atoms with Crippen LogP contribution < -0.4 is 5.32 Å². The van der Waals surface area contributed by atoms with Crippen molar-refractivity contribution in [2.75, 3.05) is 26.3 Å². The van der Waals surface area contributed by atoms with Gasteiger partial charge in [0.25, 0.3) is 0 Å². The van der Waals surface area contributed by atoms with Gasteiger partial charge in [0.15, 0.2) is 0 Å². The van der Waals surface area contributed by atoms with Crippen LogP contribution in [0.1, 0.15) is 51.9 Å². The third kappa shape index (κ3) is 3.32. The van der Waals surface area contributed by atoms with Crippen LogP contribution >= 0.6 is 0 Å². The first-order valence-electron chi connectivity index (χ1n) is 8.41. The van der Waals surface area contributed by atoms with E-state index in [1.54, 1.807) is 0 Å². The van der Waals surface area contributed by atoms with Crippen molar-refractivity contribution in [2.24, 2.45) is 5.92 Å². The zero-order valence-corrected chi connectivity index (χ0v) is 12.4. The van der Waals surface area contributed by atoms with Gasteiger partial charge in [-0.2, -0.15) is 0 Å². The van der Waals surface area contributed by atoms with Crippen molar-refractivity contribution in [3.05, 3.63) is 0 Å². The molecule has 19 heavy (non-hydrogen) atoms. The van der Waals surface area contributed by atoms with Crippen molar-refractivity contribution >= 4 is 0 Å². The molecule has 2 aliphatic heterocycles. The summed E-state index contributed by atoms with van der Waals surface area (Å²) >= 11 is 0. The van der Waals surface area contributed by atoms with Crippen molar-refractivity contribution < 1.29 is 4.74 Å². The van der Waals surface area contributed by atoms with Gasteiger partial charge in [-0.15, -0.1) is 0 Å². The van der Waals surface area contributed by atoms with Gasteiger partial charge in [0.05, 0.1) is 13.2 Å². The van der Waals surface area contributed by atoms with Crippen LogP contribution in [0.3, 0.4) is 0 Å². The van der Waals surface area contributed by atoms with E-state index in [-0.39, 0.29) is 0 Å². The Hall–Kier alpha value is -0.120. The predicted molar refractivity (Wildman–Crippen MR) is 78.4 cm³/mol. The Kier molecular flexibility index (Phi) is 4.78. The minimum absolute atomic E-state index is 0.577. The maximum atomic E-state index is 5.59. The standard InChI is InChI=1S/C16H30N2O/c1-13(11-15-12-19-10-8-17-15)18-9-4-7-16(18)14-5-2-3-6-14/h13-17H,2-12H2,1H3. The van der Waals surface area contributed by atoms with Gasteiger partial charge in [-0.3, -0.25) is 4.90 Å². The zero-order valence-electron chi connectivity index (χ0n) is 12.4. The predicted octanol–water partition coefficient (Wildman–Crippen LogP) is 2.41. The third-order valence-corrected chi connectivity index (χ3v) is 5.48. The van der Waals surface area contributed by atoms with Crippen molar-refractivity contribution in [1.29, 1.82) is 0 Å². The highest BCUT2D eigenvalue weighted by atomic mass is 16.5. The minimum atomic E-state index is 0.577. The van der Waals surface area contributed by atoms with Gasteiger partial charge < -0.3 is 10.1 Å². The highest BCUT2D eigenvalue weighted by Gasteiger charge is 2.36. The number of hydrogen-bond donors (Lipinski definition) is 1. The van der Waals surface area contributed by atoms with Crippen molar-refractivity contribution in [2.45, 2.75) is 70.0 Å². The van der Waals surface area contributed by atoms with Gasteiger partial charge in [-0.05, 0) is 51.5 Å². The number of nitrogens with zero attached hydrogens (tertiary/aromatic N) is 1. The molecular formula is C16H30N2O. The van der Waals surface area contributed by atoms with Crippen LogP contribution in [0.4, 0.5) is 0 Å². The van der Waals surface area contributed by atoms with E-state index in [9.17, 15) is 0 Å². The van der Waals surface area contributed by atoms with Gasteiger partial charge in [0, 0.05) is 24.7 Å². The van der Waals surface area contributed by atoms with E-state index >= 15 is 0 Å². The number of morpholine rings is 1. The largest absolute Gasteiger partial charge is 0.379 e. The second-order valence-corrected chi connectivity index (χ2v) is 6.80. The molecule has 2 heterocycles. The zero-order chi connectivity index (χ0) is 13.1. The van der Waals surface area contributed by atoms with Gasteiger partial charge in [-0.1, -0.05) is 12.8 Å². The summed E-state index contributed by atoms with van der Waals surface area (Å²) in [6, 6.07) is 2.18. The van der Waals surface area contributed by atoms with E-state index in [1.165, 1.54) is 51.5 Å². The molecular weight excluding hydrogens is 236 g/mol. The first kappa shape index (κ1) is 13.8. The van der Waals surface area contributed by atoms with Gasteiger partial charge in [0.1, 0.15) is 0 Å². The Morgan fingerprint density at radius 2 is 2.05 bits per heavy atom. The Bertz CT molecular complexity index is 272. The van der Waals surface area contributed by atoms with Gasteiger partial charge >= 0.3 is 0 Å². The second-order valence-electron chi connectivity index (χ2n) is 6.80. The lowest BCUT2D eigenvalue weighted by Gasteiger charge is -2.36. The smallest absolute Gasteiger partial charge is 0.0620 e. The first-order chi connectivity index (χ1) is 9.34. The summed E-state index contributed by atoms with van der Waals surface area (Å²) < 4.78 is 5.59. The first-order valence-corrected chi connectivity index (χ1v) is 8.41. The number of hydrogen-bond acceptors (Lipinski definition) is 3. The maximum Gasteiger partial charge on any atom is 0.0620 e. The average Bonchev–Trinajstić information content (AvgIpc) is 3.10. The molecule has 3 rings (SSSR count). The number of ether oxygens (including phenoxy) is 1. The highest BCUT2D eigenvalue weighted by Crippen LogP contribution is 2.36. The molecule has 1 saturated carbocycles. The average molecular weight is 266 g/mol. The molecule has 0 amide bonds. The summed E-state index contributed by atoms with van der Waals surface area (Å²) in [5, 5.41) is 3.61. The van der Waals surface area contributed by atoms with E-state index < -0.39 is 0 Å². The molecule has 3 atom stereocenters. The lowest BCUT2D eigenvalue weighted by atomic mass is 9.94. The van der Waals surface area contributed by atoms with E-state index in [1.807, 2.05) is 0 Å². The SMILES string of the molecule is CC(CC1COCCN1)N1CCCC1C1CCCC1. The molecule has 2 saturated heterocycles. The second kappa shape index (κ2) is 6.55. The monoisotopic (exact) mass is 266 g/mol. The molecule has 3 fully saturated rings. The summed E-state index contributed by atoms with van der Waals surface area (Å²) in [5.41, 5.74) is 0. The third-order valence-electron chi connectivity index (χ3n) is 5.48. The quantitative estimate of drug-likeness (QED) is 0.845. The van der Waals surface area contributed by atoms with E-state index in [4.69, 9.17) is 4.74 Å². The van der Waals surface area contributed by atoms with Crippen molar-refractivity contribution in [3.63, 3.8) is 0 Å². The highest BCUT2D eigenvalue weighted by molar-refractivity contribution is 4.91. The summed E-state index contributed by atoms with van der Waals surface area (Å²) in [4.78, 5) is 2.83. The fourth-order valence-electron chi connectivity index (χ4n) is 4.53. The van der Waals surface area contributed by atoms with Crippen molar-refractivity contribution in [3.8, 4) is 0 Å². The van der Waals surface area contributed by atoms with Crippen molar-refractivity contribution in [1.82, 2.24) is 10.2 Å². The molecule has 0 spiro atoms. The molecule has 1 N–H and O–H groups in total. The normalized spacial score (nSPS) is 35.8. The van der Waals surface area contributed by atoms with Crippen LogP contribution in [0.2, 0.25) is 0 Å². The van der Waals surface area contributed by atoms with Crippen LogP contribution in [0.5, 0.6) is 0 Å². The van der Waals surface area contributed by atoms with Gasteiger partial charge in [-0.25, -0.2) is 0 Å². The fourth-order valence-corrected chi connectivity index (χ4v) is 4.53. The molecule has 110 valence electrons. The number of rotatable bonds is 4. The Balaban J connectivity index is 1.53. The molecule has 3 nitrogen and oxygen atoms in total. The molecule has 0 radical (unpaired) electrons. The van der Waals surface area contributed by atoms with Gasteiger partial charge in [0.2, 0.25) is 0 Å². The lowest BCUT2D eigenvalue weighted by Crippen LogP contribution is -2.48. The van der Waals surface area contributed by atoms with Crippen LogP contribution in [0, 0.1) is 5.92 Å². The molecule has 3 aliphatic rings. The molecule has 3 heteroatoms. The summed E-state index contributed by atoms with van der Waals surface area (Å²) in [7, 11) is 0. The maximum absolute atomic E-state index is 5.59. The minimum Gasteiger partial charge on any atom is -0.379 e. The van der Waals surface area contributed by atoms with Crippen LogP contribution in [-0.4, -0.2) is 49.3 Å². The number of nitrogens with one attached hydrogen (secondary N) is 1. The molecule has 0 aromatic carbocycles. The summed E-state index contributed by atoms with van der Waals surface area (Å²) in [6.45, 7) is 6.59. The molecule has 3 unspecified atom stereocenters. The van der Waals surface area contributed by atoms with E-state index in [2.05, 4.69) is 17.1 Å². The molecule has 0 aromatic heterocycles. The molecule has 1 aliphatic carbocycles. The van der Waals surface area contributed by atoms with Crippen LogP contribution in [0.25, 0.3) is 0 Å². The van der Waals surface area contributed by atoms with E-state index in [0.717, 1.165) is 31.7 Å². The summed E-state index contributed by atoms with van der Waals surface area (Å²) in [5.74, 6) is 1.00. The van der Waals surface area contributed by atoms with Crippen LogP contribution in [-0.2, 0) is 4.74 Å².